The second-order valence-electron chi connectivity index (χ2n) is 7.32. The Morgan fingerprint density at radius 2 is 1.82 bits per heavy atom. The van der Waals surface area contributed by atoms with E-state index >= 15 is 0 Å². The predicted molar refractivity (Wildman–Crippen MR) is 108 cm³/mol. The summed E-state index contributed by atoms with van der Waals surface area (Å²) in [6.07, 6.45) is 0. The van der Waals surface area contributed by atoms with Crippen molar-refractivity contribution in [1.29, 1.82) is 0 Å². The van der Waals surface area contributed by atoms with Crippen molar-refractivity contribution in [3.63, 3.8) is 0 Å². The summed E-state index contributed by atoms with van der Waals surface area (Å²) in [6, 6.07) is -0.628. The van der Waals surface area contributed by atoms with Gasteiger partial charge < -0.3 is 14.8 Å². The fraction of sp³-hybridized carbons (Fsp3) is 0.647. The number of methoxy groups -OCH3 is 1. The summed E-state index contributed by atoms with van der Waals surface area (Å²) in [4.78, 5) is 49.8. The molecule has 0 spiro atoms. The molecule has 1 aromatic heterocycles. The van der Waals surface area contributed by atoms with Crippen molar-refractivity contribution in [3.8, 4) is 0 Å². The zero-order chi connectivity index (χ0) is 21.2. The second kappa shape index (κ2) is 8.83. The van der Waals surface area contributed by atoms with E-state index < -0.39 is 40.6 Å². The van der Waals surface area contributed by atoms with Gasteiger partial charge >= 0.3 is 11.9 Å². The Morgan fingerprint density at radius 3 is 2.32 bits per heavy atom. The van der Waals surface area contributed by atoms with Crippen molar-refractivity contribution in [2.45, 2.75) is 50.4 Å². The van der Waals surface area contributed by atoms with E-state index in [4.69, 9.17) is 9.47 Å². The molecule has 1 aliphatic heterocycles. The van der Waals surface area contributed by atoms with Gasteiger partial charge in [-0.3, -0.25) is 19.2 Å². The molecular weight excluding hydrogens is 454 g/mol. The van der Waals surface area contributed by atoms with Crippen LogP contribution < -0.4 is 16.4 Å². The molecule has 0 saturated carbocycles. The van der Waals surface area contributed by atoms with Crippen LogP contribution in [0, 0.1) is 5.92 Å². The van der Waals surface area contributed by atoms with E-state index in [2.05, 4.69) is 21.2 Å². The molecule has 28 heavy (non-hydrogen) atoms. The van der Waals surface area contributed by atoms with Gasteiger partial charge in [0.2, 0.25) is 0 Å². The lowest BCUT2D eigenvalue weighted by molar-refractivity contribution is -0.160. The Hall–Kier alpha value is -1.59. The first kappa shape index (κ1) is 22.7. The normalized spacial score (nSPS) is 17.1. The predicted octanol–water partition coefficient (Wildman–Crippen LogP) is 0.597. The molecule has 2 rings (SSSR count). The van der Waals surface area contributed by atoms with E-state index in [9.17, 15) is 19.2 Å². The summed E-state index contributed by atoms with van der Waals surface area (Å²) in [5.74, 6) is -1.32. The largest absolute Gasteiger partial charge is 0.468 e. The van der Waals surface area contributed by atoms with Gasteiger partial charge in [-0.2, -0.15) is 0 Å². The minimum absolute atomic E-state index is 0.0658. The van der Waals surface area contributed by atoms with Gasteiger partial charge in [0, 0.05) is 5.75 Å². The molecular formula is C17H24BrN3O6S. The summed E-state index contributed by atoms with van der Waals surface area (Å²) >= 11 is 4.27. The molecule has 2 unspecified atom stereocenters. The minimum Gasteiger partial charge on any atom is -0.468 e. The fourth-order valence-corrected chi connectivity index (χ4v) is 4.51. The highest BCUT2D eigenvalue weighted by atomic mass is 79.9. The van der Waals surface area contributed by atoms with Gasteiger partial charge in [-0.15, -0.1) is 11.8 Å². The molecule has 0 bridgehead atoms. The van der Waals surface area contributed by atoms with Crippen LogP contribution in [0.25, 0.3) is 0 Å². The number of halogens is 1. The molecule has 9 nitrogen and oxygen atoms in total. The van der Waals surface area contributed by atoms with Crippen LogP contribution in [0.15, 0.2) is 19.0 Å². The summed E-state index contributed by atoms with van der Waals surface area (Å²) in [5.41, 5.74) is -1.46. The number of carbonyl (C=O) groups is 2. The highest BCUT2D eigenvalue weighted by molar-refractivity contribution is 9.10. The summed E-state index contributed by atoms with van der Waals surface area (Å²) in [7, 11) is 2.88. The van der Waals surface area contributed by atoms with Crippen molar-refractivity contribution < 1.29 is 19.1 Å². The van der Waals surface area contributed by atoms with E-state index in [1.54, 1.807) is 27.8 Å². The van der Waals surface area contributed by atoms with E-state index in [1.807, 2.05) is 0 Å². The molecule has 0 amide bonds. The van der Waals surface area contributed by atoms with E-state index in [0.29, 0.717) is 0 Å². The number of hydrogen-bond donors (Lipinski definition) is 1. The Bertz CT molecular complexity index is 889. The molecule has 0 aliphatic carbocycles. The molecule has 0 radical (unpaired) electrons. The van der Waals surface area contributed by atoms with E-state index in [-0.39, 0.29) is 28.2 Å². The molecule has 1 N–H and O–H groups in total. The van der Waals surface area contributed by atoms with Crippen LogP contribution >= 0.6 is 27.7 Å². The third-order valence-corrected chi connectivity index (χ3v) is 6.26. The van der Waals surface area contributed by atoms with E-state index in [0.717, 1.165) is 11.8 Å². The van der Waals surface area contributed by atoms with Gasteiger partial charge in [-0.05, 0) is 43.7 Å². The third-order valence-electron chi connectivity index (χ3n) is 4.10. The highest BCUT2D eigenvalue weighted by Gasteiger charge is 2.34. The number of nitrogens with one attached hydrogen (secondary N) is 1. The molecule has 11 heteroatoms. The number of carbonyl (C=O) groups excluding carboxylic acids is 2. The Labute approximate surface area is 174 Å². The molecule has 2 atom stereocenters. The number of esters is 2. The number of likely N-dealkylation sites (N-methyl/N-ethyl adjacent to an activating group) is 1. The number of nitrogens with zero attached hydrogens (tertiary/aromatic N) is 2. The smallest absolute Gasteiger partial charge is 0.323 e. The quantitative estimate of drug-likeness (QED) is 0.468. The first-order valence-corrected chi connectivity index (χ1v) is 10.4. The van der Waals surface area contributed by atoms with Gasteiger partial charge in [-0.1, -0.05) is 0 Å². The summed E-state index contributed by atoms with van der Waals surface area (Å²) < 4.78 is 12.7. The highest BCUT2D eigenvalue weighted by Crippen LogP contribution is 2.24. The van der Waals surface area contributed by atoms with Gasteiger partial charge in [0.15, 0.2) is 0 Å². The first-order chi connectivity index (χ1) is 13.0. The van der Waals surface area contributed by atoms with Crippen LogP contribution in [-0.2, 0) is 32.2 Å². The van der Waals surface area contributed by atoms with Crippen LogP contribution in [0.1, 0.15) is 20.8 Å². The van der Waals surface area contributed by atoms with Crippen LogP contribution in [0.5, 0.6) is 0 Å². The van der Waals surface area contributed by atoms with Crippen molar-refractivity contribution in [3.05, 3.63) is 25.2 Å². The summed E-state index contributed by atoms with van der Waals surface area (Å²) in [6.45, 7) is 5.42. The van der Waals surface area contributed by atoms with Gasteiger partial charge in [0.25, 0.3) is 11.1 Å². The maximum absolute atomic E-state index is 12.9. The standard InChI is InChI=1S/C17H24BrN3O6S/c1-17(2,3)27-15(24)9-6-20-13(22)11(18)12(14(23)21(20)7-9)28-8-10(19-4)16(25)26-5/h9-10,19H,6-8H2,1-5H3. The first-order valence-electron chi connectivity index (χ1n) is 8.64. The van der Waals surface area contributed by atoms with Crippen molar-refractivity contribution in [1.82, 2.24) is 14.7 Å². The van der Waals surface area contributed by atoms with Gasteiger partial charge in [0.1, 0.15) is 16.1 Å². The Morgan fingerprint density at radius 1 is 1.25 bits per heavy atom. The molecule has 0 saturated heterocycles. The number of hydrogen-bond acceptors (Lipinski definition) is 8. The van der Waals surface area contributed by atoms with Crippen molar-refractivity contribution >= 4 is 39.6 Å². The lowest BCUT2D eigenvalue weighted by Gasteiger charge is -2.21. The summed E-state index contributed by atoms with van der Waals surface area (Å²) in [5, 5.41) is 2.81. The van der Waals surface area contributed by atoms with E-state index in [1.165, 1.54) is 16.5 Å². The fourth-order valence-electron chi connectivity index (χ4n) is 2.72. The van der Waals surface area contributed by atoms with Crippen LogP contribution in [0.2, 0.25) is 0 Å². The zero-order valence-corrected chi connectivity index (χ0v) is 18.8. The average Bonchev–Trinajstić information content (AvgIpc) is 3.07. The Kier molecular flexibility index (Phi) is 7.16. The maximum Gasteiger partial charge on any atom is 0.323 e. The van der Waals surface area contributed by atoms with Crippen molar-refractivity contribution in [2.24, 2.45) is 5.92 Å². The second-order valence-corrected chi connectivity index (χ2v) is 9.15. The molecule has 1 aromatic rings. The lowest BCUT2D eigenvalue weighted by atomic mass is 10.1. The Balaban J connectivity index is 2.29. The van der Waals surface area contributed by atoms with Crippen LogP contribution in [0.3, 0.4) is 0 Å². The monoisotopic (exact) mass is 477 g/mol. The van der Waals surface area contributed by atoms with Gasteiger partial charge in [-0.25, -0.2) is 9.36 Å². The van der Waals surface area contributed by atoms with Gasteiger partial charge in [0.05, 0.1) is 31.0 Å². The topological polar surface area (TPSA) is 109 Å². The number of ether oxygens (including phenoxy) is 2. The third kappa shape index (κ3) is 4.87. The zero-order valence-electron chi connectivity index (χ0n) is 16.4. The van der Waals surface area contributed by atoms with Crippen LogP contribution in [0.4, 0.5) is 0 Å². The number of thioether (sulfide) groups is 1. The number of fused-ring (bicyclic) bond motifs is 1. The average molecular weight is 478 g/mol. The van der Waals surface area contributed by atoms with Crippen LogP contribution in [-0.4, -0.2) is 52.9 Å². The maximum atomic E-state index is 12.9. The lowest BCUT2D eigenvalue weighted by Crippen LogP contribution is -2.39. The molecule has 0 fully saturated rings. The van der Waals surface area contributed by atoms with Crippen molar-refractivity contribution in [2.75, 3.05) is 19.9 Å². The SMILES string of the molecule is CNC(CSc1c(Br)c(=O)n2n(c1=O)CC(C(=O)OC(C)(C)C)C2)C(=O)OC. The molecule has 0 aromatic carbocycles. The molecule has 156 valence electrons. The molecule has 2 heterocycles. The molecule has 1 aliphatic rings. The number of aromatic nitrogens is 2. The minimum atomic E-state index is -0.653. The number of rotatable bonds is 6.